The number of H-pyrrole nitrogens is 1. The SMILES string of the molecule is C=C/C(=C(\N=C/CS(=O)(=O)N1CCN(CC)CC1)OCC)c1nc2c(CC)n(CCOC)nc2c(=O)[nH]1. The van der Waals surface area contributed by atoms with Crippen LogP contribution >= 0.6 is 0 Å². The fourth-order valence-electron chi connectivity index (χ4n) is 4.15. The maximum Gasteiger partial charge on any atom is 0.279 e. The number of ether oxygens (including phenoxy) is 2. The smallest absolute Gasteiger partial charge is 0.279 e. The third-order valence-corrected chi connectivity index (χ3v) is 7.90. The summed E-state index contributed by atoms with van der Waals surface area (Å²) in [5.41, 5.74) is 1.45. The van der Waals surface area contributed by atoms with E-state index >= 15 is 0 Å². The zero-order valence-electron chi connectivity index (χ0n) is 22.1. The number of aliphatic imine (C=N–C) groups is 1. The van der Waals surface area contributed by atoms with Gasteiger partial charge < -0.3 is 19.4 Å². The molecule has 3 heterocycles. The van der Waals surface area contributed by atoms with Crippen LogP contribution in [0, 0.1) is 0 Å². The highest BCUT2D eigenvalue weighted by molar-refractivity contribution is 7.89. The molecule has 1 fully saturated rings. The van der Waals surface area contributed by atoms with Gasteiger partial charge in [0, 0.05) is 39.5 Å². The molecule has 0 radical (unpaired) electrons. The third kappa shape index (κ3) is 6.72. The van der Waals surface area contributed by atoms with E-state index in [0.717, 1.165) is 12.2 Å². The molecule has 0 atom stereocenters. The minimum atomic E-state index is -3.51. The van der Waals surface area contributed by atoms with Crippen molar-refractivity contribution in [3.63, 3.8) is 0 Å². The summed E-state index contributed by atoms with van der Waals surface area (Å²) >= 11 is 0. The van der Waals surface area contributed by atoms with Crippen molar-refractivity contribution >= 4 is 32.8 Å². The summed E-state index contributed by atoms with van der Waals surface area (Å²) in [6.07, 6.45) is 3.41. The van der Waals surface area contributed by atoms with Gasteiger partial charge in [-0.25, -0.2) is 18.4 Å². The lowest BCUT2D eigenvalue weighted by molar-refractivity contribution is 0.183. The molecule has 37 heavy (non-hydrogen) atoms. The van der Waals surface area contributed by atoms with E-state index in [-0.39, 0.29) is 29.6 Å². The van der Waals surface area contributed by atoms with Crippen LogP contribution in [0.15, 0.2) is 28.3 Å². The van der Waals surface area contributed by atoms with Gasteiger partial charge in [0.2, 0.25) is 15.9 Å². The second-order valence-electron chi connectivity index (χ2n) is 8.41. The number of rotatable bonds is 13. The lowest BCUT2D eigenvalue weighted by Gasteiger charge is -2.32. The summed E-state index contributed by atoms with van der Waals surface area (Å²) < 4.78 is 39.7. The number of fused-ring (bicyclic) bond motifs is 1. The van der Waals surface area contributed by atoms with E-state index in [2.05, 4.69) is 38.5 Å². The minimum Gasteiger partial charge on any atom is -0.477 e. The van der Waals surface area contributed by atoms with E-state index in [1.165, 1.54) is 16.6 Å². The summed E-state index contributed by atoms with van der Waals surface area (Å²) in [6, 6.07) is 0. The molecule has 1 saturated heterocycles. The van der Waals surface area contributed by atoms with Crippen LogP contribution in [0.5, 0.6) is 0 Å². The van der Waals surface area contributed by atoms with Crippen molar-refractivity contribution in [3.05, 3.63) is 40.4 Å². The number of methoxy groups -OCH3 is 1. The fraction of sp³-hybridized carbons (Fsp3) is 0.583. The van der Waals surface area contributed by atoms with Crippen molar-refractivity contribution in [2.24, 2.45) is 4.99 Å². The quantitative estimate of drug-likeness (QED) is 0.230. The lowest BCUT2D eigenvalue weighted by atomic mass is 10.2. The molecule has 0 spiro atoms. The van der Waals surface area contributed by atoms with Crippen LogP contribution in [0.2, 0.25) is 0 Å². The molecular formula is C24H37N7O5S. The number of sulfonamides is 1. The van der Waals surface area contributed by atoms with E-state index in [1.807, 2.05) is 6.92 Å². The molecule has 1 aliphatic heterocycles. The van der Waals surface area contributed by atoms with E-state index < -0.39 is 15.6 Å². The number of allylic oxidation sites excluding steroid dienone is 2. The van der Waals surface area contributed by atoms with Crippen molar-refractivity contribution in [2.45, 2.75) is 33.7 Å². The highest BCUT2D eigenvalue weighted by Crippen LogP contribution is 2.21. The number of aryl methyl sites for hydroxylation is 1. The Morgan fingerprint density at radius 2 is 1.92 bits per heavy atom. The molecule has 13 heteroatoms. The van der Waals surface area contributed by atoms with Gasteiger partial charge in [-0.2, -0.15) is 9.40 Å². The maximum absolute atomic E-state index is 12.9. The molecule has 1 aliphatic rings. The molecule has 2 aromatic heterocycles. The number of hydrogen-bond acceptors (Lipinski definition) is 9. The second kappa shape index (κ2) is 13.1. The first-order chi connectivity index (χ1) is 17.8. The summed E-state index contributed by atoms with van der Waals surface area (Å²) in [7, 11) is -1.91. The van der Waals surface area contributed by atoms with Crippen LogP contribution in [-0.4, -0.2) is 102 Å². The van der Waals surface area contributed by atoms with Crippen molar-refractivity contribution in [1.29, 1.82) is 0 Å². The van der Waals surface area contributed by atoms with Crippen molar-refractivity contribution < 1.29 is 17.9 Å². The lowest BCUT2D eigenvalue weighted by Crippen LogP contribution is -2.49. The molecule has 0 aromatic carbocycles. The van der Waals surface area contributed by atoms with Gasteiger partial charge in [-0.3, -0.25) is 9.48 Å². The number of aromatic amines is 1. The van der Waals surface area contributed by atoms with Gasteiger partial charge in [-0.1, -0.05) is 26.5 Å². The molecule has 0 aliphatic carbocycles. The molecular weight excluding hydrogens is 498 g/mol. The first-order valence-electron chi connectivity index (χ1n) is 12.5. The predicted octanol–water partition coefficient (Wildman–Crippen LogP) is 1.26. The summed E-state index contributed by atoms with van der Waals surface area (Å²) in [5.74, 6) is 0.0680. The maximum atomic E-state index is 12.9. The van der Waals surface area contributed by atoms with Crippen molar-refractivity contribution in [3.8, 4) is 0 Å². The zero-order valence-corrected chi connectivity index (χ0v) is 22.9. The molecule has 0 bridgehead atoms. The van der Waals surface area contributed by atoms with Gasteiger partial charge in [-0.05, 0) is 19.9 Å². The van der Waals surface area contributed by atoms with Gasteiger partial charge in [0.05, 0.1) is 36.8 Å². The average molecular weight is 536 g/mol. The van der Waals surface area contributed by atoms with Crippen LogP contribution < -0.4 is 5.56 Å². The van der Waals surface area contributed by atoms with Gasteiger partial charge in [-0.15, -0.1) is 0 Å². The Balaban J connectivity index is 1.94. The summed E-state index contributed by atoms with van der Waals surface area (Å²) in [6.45, 7) is 14.1. The Labute approximate surface area is 217 Å². The Kier molecular flexibility index (Phi) is 10.1. The van der Waals surface area contributed by atoms with Crippen LogP contribution in [0.25, 0.3) is 16.6 Å². The van der Waals surface area contributed by atoms with Crippen LogP contribution in [-0.2, 0) is 32.5 Å². The molecule has 0 saturated carbocycles. The van der Waals surface area contributed by atoms with Crippen LogP contribution in [0.3, 0.4) is 0 Å². The number of aromatic nitrogens is 4. The summed E-state index contributed by atoms with van der Waals surface area (Å²) in [4.78, 5) is 26.8. The Morgan fingerprint density at radius 3 is 2.51 bits per heavy atom. The van der Waals surface area contributed by atoms with E-state index in [9.17, 15) is 13.2 Å². The van der Waals surface area contributed by atoms with Gasteiger partial charge in [0.1, 0.15) is 11.3 Å². The van der Waals surface area contributed by atoms with Crippen molar-refractivity contribution in [2.75, 3.05) is 58.8 Å². The van der Waals surface area contributed by atoms with Gasteiger partial charge >= 0.3 is 0 Å². The van der Waals surface area contributed by atoms with Crippen LogP contribution in [0.1, 0.15) is 32.3 Å². The predicted molar refractivity (Wildman–Crippen MR) is 144 cm³/mol. The number of piperazine rings is 1. The molecule has 1 N–H and O–H groups in total. The Morgan fingerprint density at radius 1 is 1.19 bits per heavy atom. The molecule has 3 rings (SSSR count). The first kappa shape index (κ1) is 28.7. The molecule has 2 aromatic rings. The normalized spacial score (nSPS) is 16.4. The largest absolute Gasteiger partial charge is 0.477 e. The second-order valence-corrected chi connectivity index (χ2v) is 10.4. The zero-order chi connectivity index (χ0) is 27.0. The standard InChI is InChI=1S/C24H37N7O5S/c1-6-18(22-26-20-19(7-2)31(15-16-35-5)28-21(20)23(32)27-22)24(36-9-4)25-10-17-37(33,34)30-13-11-29(8-3)12-14-30/h6,10H,1,7-9,11-17H2,2-5H3,(H,26,27,32)/b24-18-,25-10-. The molecule has 12 nitrogen and oxygen atoms in total. The number of nitrogens with zero attached hydrogens (tertiary/aromatic N) is 6. The highest BCUT2D eigenvalue weighted by atomic mass is 32.2. The monoisotopic (exact) mass is 535 g/mol. The van der Waals surface area contributed by atoms with Crippen LogP contribution in [0.4, 0.5) is 0 Å². The number of hydrogen-bond donors (Lipinski definition) is 1. The number of nitrogens with one attached hydrogen (secondary N) is 1. The molecule has 0 unspecified atom stereocenters. The topological polar surface area (TPSA) is 135 Å². The minimum absolute atomic E-state index is 0.121. The van der Waals surface area contributed by atoms with Gasteiger partial charge in [0.15, 0.2) is 5.52 Å². The average Bonchev–Trinajstić information content (AvgIpc) is 3.25. The van der Waals surface area contributed by atoms with Crippen molar-refractivity contribution in [1.82, 2.24) is 29.0 Å². The highest BCUT2D eigenvalue weighted by Gasteiger charge is 2.25. The van der Waals surface area contributed by atoms with E-state index in [1.54, 1.807) is 18.7 Å². The van der Waals surface area contributed by atoms with Gasteiger partial charge in [0.25, 0.3) is 5.56 Å². The summed E-state index contributed by atoms with van der Waals surface area (Å²) in [5, 5.41) is 4.41. The van der Waals surface area contributed by atoms with E-state index in [0.29, 0.717) is 56.8 Å². The Hall–Kier alpha value is -2.87. The molecule has 0 amide bonds. The first-order valence-corrected chi connectivity index (χ1v) is 14.1. The third-order valence-electron chi connectivity index (χ3n) is 6.18. The fourth-order valence-corrected chi connectivity index (χ4v) is 5.35. The Bertz CT molecular complexity index is 1300. The van der Waals surface area contributed by atoms with E-state index in [4.69, 9.17) is 9.47 Å². The number of likely N-dealkylation sites (N-methyl/N-ethyl adjacent to an activating group) is 1. The molecule has 204 valence electrons.